The first-order valence-electron chi connectivity index (χ1n) is 8.17. The Morgan fingerprint density at radius 1 is 1.13 bits per heavy atom. The molecule has 1 N–H and O–H groups in total. The van der Waals surface area contributed by atoms with Crippen LogP contribution in [0.4, 0.5) is 0 Å². The largest absolute Gasteiger partial charge is 0.240 e. The Bertz CT molecular complexity index is 728. The second-order valence-electron chi connectivity index (χ2n) is 6.32. The third-order valence-corrected chi connectivity index (χ3v) is 7.04. The van der Waals surface area contributed by atoms with Crippen molar-refractivity contribution in [2.75, 3.05) is 6.54 Å². The molecular weight excluding hydrogens is 326 g/mol. The monoisotopic (exact) mass is 349 g/mol. The van der Waals surface area contributed by atoms with Crippen molar-refractivity contribution in [3.8, 4) is 0 Å². The lowest BCUT2D eigenvalue weighted by Crippen LogP contribution is -2.38. The van der Waals surface area contributed by atoms with Gasteiger partial charge in [0.25, 0.3) is 0 Å². The molecule has 5 heteroatoms. The standard InChI is InChI=1S/C18H23NO2S2/c1-2-15-5-7-17(8-6-15)23(20,21)19-14-18(10-3-4-11-18)16-9-12-22-13-16/h5-9,12-13,19H,2-4,10-11,14H2,1H3. The van der Waals surface area contributed by atoms with E-state index < -0.39 is 10.0 Å². The summed E-state index contributed by atoms with van der Waals surface area (Å²) in [6.45, 7) is 2.55. The molecule has 1 saturated carbocycles. The number of sulfonamides is 1. The lowest BCUT2D eigenvalue weighted by atomic mass is 9.81. The molecule has 1 aliphatic carbocycles. The molecule has 3 nitrogen and oxygen atoms in total. The number of aryl methyl sites for hydroxylation is 1. The average molecular weight is 350 g/mol. The third kappa shape index (κ3) is 3.52. The van der Waals surface area contributed by atoms with Gasteiger partial charge < -0.3 is 0 Å². The van der Waals surface area contributed by atoms with Crippen molar-refractivity contribution in [2.45, 2.75) is 49.3 Å². The van der Waals surface area contributed by atoms with Crippen molar-refractivity contribution in [3.63, 3.8) is 0 Å². The SMILES string of the molecule is CCc1ccc(S(=O)(=O)NCC2(c3ccsc3)CCCC2)cc1. The molecule has 1 aromatic heterocycles. The van der Waals surface area contributed by atoms with Crippen molar-refractivity contribution >= 4 is 21.4 Å². The number of hydrogen-bond acceptors (Lipinski definition) is 3. The van der Waals surface area contributed by atoms with Gasteiger partial charge in [-0.05, 0) is 59.3 Å². The summed E-state index contributed by atoms with van der Waals surface area (Å²) in [5.41, 5.74) is 2.40. The van der Waals surface area contributed by atoms with Crippen LogP contribution in [0.15, 0.2) is 46.0 Å². The second kappa shape index (κ2) is 6.75. The summed E-state index contributed by atoms with van der Waals surface area (Å²) in [6.07, 6.45) is 5.36. The number of rotatable bonds is 6. The van der Waals surface area contributed by atoms with E-state index in [1.807, 2.05) is 12.1 Å². The van der Waals surface area contributed by atoms with E-state index in [1.54, 1.807) is 23.5 Å². The van der Waals surface area contributed by atoms with Gasteiger partial charge in [-0.1, -0.05) is 31.9 Å². The van der Waals surface area contributed by atoms with Crippen LogP contribution in [0.1, 0.15) is 43.7 Å². The topological polar surface area (TPSA) is 46.2 Å². The molecule has 0 unspecified atom stereocenters. The molecule has 23 heavy (non-hydrogen) atoms. The summed E-state index contributed by atoms with van der Waals surface area (Å²) in [5.74, 6) is 0. The van der Waals surface area contributed by atoms with Gasteiger partial charge in [-0.15, -0.1) is 0 Å². The summed E-state index contributed by atoms with van der Waals surface area (Å²) < 4.78 is 28.0. The highest BCUT2D eigenvalue weighted by molar-refractivity contribution is 7.89. The van der Waals surface area contributed by atoms with Crippen molar-refractivity contribution in [2.24, 2.45) is 0 Å². The van der Waals surface area contributed by atoms with Crippen molar-refractivity contribution in [1.29, 1.82) is 0 Å². The first-order chi connectivity index (χ1) is 11.1. The summed E-state index contributed by atoms with van der Waals surface area (Å²) in [6, 6.07) is 9.32. The van der Waals surface area contributed by atoms with E-state index in [-0.39, 0.29) is 5.41 Å². The molecule has 3 rings (SSSR count). The first-order valence-corrected chi connectivity index (χ1v) is 10.6. The maximum Gasteiger partial charge on any atom is 0.240 e. The second-order valence-corrected chi connectivity index (χ2v) is 8.87. The van der Waals surface area contributed by atoms with Crippen molar-refractivity contribution < 1.29 is 8.42 Å². The zero-order chi connectivity index (χ0) is 16.3. The Kier molecular flexibility index (Phi) is 4.90. The van der Waals surface area contributed by atoms with E-state index in [2.05, 4.69) is 28.5 Å². The summed E-state index contributed by atoms with van der Waals surface area (Å²) >= 11 is 1.68. The van der Waals surface area contributed by atoms with Crippen LogP contribution in [0.25, 0.3) is 0 Å². The molecule has 124 valence electrons. The van der Waals surface area contributed by atoms with Gasteiger partial charge in [0, 0.05) is 12.0 Å². The van der Waals surface area contributed by atoms with Crippen molar-refractivity contribution in [3.05, 3.63) is 52.2 Å². The van der Waals surface area contributed by atoms with E-state index in [1.165, 1.54) is 18.4 Å². The number of thiophene rings is 1. The first kappa shape index (κ1) is 16.7. The Morgan fingerprint density at radius 2 is 1.83 bits per heavy atom. The zero-order valence-electron chi connectivity index (χ0n) is 13.4. The van der Waals surface area contributed by atoms with E-state index >= 15 is 0 Å². The van der Waals surface area contributed by atoms with Crippen LogP contribution in [-0.4, -0.2) is 15.0 Å². The van der Waals surface area contributed by atoms with Crippen LogP contribution in [0, 0.1) is 0 Å². The van der Waals surface area contributed by atoms with Crippen LogP contribution in [0.3, 0.4) is 0 Å². The fraction of sp³-hybridized carbons (Fsp3) is 0.444. The van der Waals surface area contributed by atoms with Crippen LogP contribution < -0.4 is 4.72 Å². The third-order valence-electron chi connectivity index (χ3n) is 4.94. The highest BCUT2D eigenvalue weighted by Gasteiger charge is 2.37. The summed E-state index contributed by atoms with van der Waals surface area (Å²) in [5, 5.41) is 4.24. The molecule has 0 amide bonds. The van der Waals surface area contributed by atoms with E-state index in [4.69, 9.17) is 0 Å². The Balaban J connectivity index is 1.77. The lowest BCUT2D eigenvalue weighted by molar-refractivity contribution is 0.433. The minimum atomic E-state index is -3.45. The van der Waals surface area contributed by atoms with Gasteiger partial charge in [0.05, 0.1) is 4.90 Å². The van der Waals surface area contributed by atoms with Gasteiger partial charge in [0.15, 0.2) is 0 Å². The van der Waals surface area contributed by atoms with E-state index in [0.717, 1.165) is 24.8 Å². The van der Waals surface area contributed by atoms with Gasteiger partial charge in [0.1, 0.15) is 0 Å². The maximum atomic E-state index is 12.6. The van der Waals surface area contributed by atoms with E-state index in [0.29, 0.717) is 11.4 Å². The molecule has 0 aliphatic heterocycles. The molecule has 0 saturated heterocycles. The molecule has 0 spiro atoms. The molecule has 2 aromatic rings. The molecule has 1 aromatic carbocycles. The maximum absolute atomic E-state index is 12.6. The summed E-state index contributed by atoms with van der Waals surface area (Å²) in [7, 11) is -3.45. The Morgan fingerprint density at radius 3 is 2.39 bits per heavy atom. The normalized spacial score (nSPS) is 17.4. The van der Waals surface area contributed by atoms with Crippen LogP contribution in [0.2, 0.25) is 0 Å². The molecule has 0 bridgehead atoms. The highest BCUT2D eigenvalue weighted by atomic mass is 32.2. The van der Waals surface area contributed by atoms with Gasteiger partial charge in [-0.3, -0.25) is 0 Å². The quantitative estimate of drug-likeness (QED) is 0.853. The molecule has 1 fully saturated rings. The van der Waals surface area contributed by atoms with Gasteiger partial charge >= 0.3 is 0 Å². The highest BCUT2D eigenvalue weighted by Crippen LogP contribution is 2.41. The fourth-order valence-corrected chi connectivity index (χ4v) is 5.31. The fourth-order valence-electron chi connectivity index (χ4n) is 3.41. The van der Waals surface area contributed by atoms with Gasteiger partial charge in [0.2, 0.25) is 10.0 Å². The average Bonchev–Trinajstić information content (AvgIpc) is 3.25. The number of nitrogens with one attached hydrogen (secondary N) is 1. The predicted molar refractivity (Wildman–Crippen MR) is 95.5 cm³/mol. The van der Waals surface area contributed by atoms with Gasteiger partial charge in [-0.25, -0.2) is 13.1 Å². The molecule has 0 radical (unpaired) electrons. The minimum absolute atomic E-state index is 0.0313. The predicted octanol–water partition coefficient (Wildman–Crippen LogP) is 4.10. The smallest absolute Gasteiger partial charge is 0.210 e. The molecule has 1 aliphatic rings. The van der Waals surface area contributed by atoms with E-state index in [9.17, 15) is 8.42 Å². The molecule has 0 atom stereocenters. The Hall–Kier alpha value is -1.17. The van der Waals surface area contributed by atoms with Crippen LogP contribution in [-0.2, 0) is 21.9 Å². The van der Waals surface area contributed by atoms with Crippen LogP contribution in [0.5, 0.6) is 0 Å². The summed E-state index contributed by atoms with van der Waals surface area (Å²) in [4.78, 5) is 0.355. The molecule has 1 heterocycles. The van der Waals surface area contributed by atoms with Crippen molar-refractivity contribution in [1.82, 2.24) is 4.72 Å². The number of hydrogen-bond donors (Lipinski definition) is 1. The lowest BCUT2D eigenvalue weighted by Gasteiger charge is -2.28. The zero-order valence-corrected chi connectivity index (χ0v) is 15.1. The van der Waals surface area contributed by atoms with Crippen LogP contribution >= 0.6 is 11.3 Å². The number of benzene rings is 1. The van der Waals surface area contributed by atoms with Gasteiger partial charge in [-0.2, -0.15) is 11.3 Å². The Labute approximate surface area is 142 Å². The molecular formula is C18H23NO2S2. The minimum Gasteiger partial charge on any atom is -0.210 e.